The molecule has 4 rings (SSSR count). The molecule has 0 saturated carbocycles. The lowest BCUT2D eigenvalue weighted by molar-refractivity contribution is 0.0922. The molecule has 2 aromatic rings. The number of carbonyl (C=O) groups is 1. The van der Waals surface area contributed by atoms with Crippen LogP contribution in [0.15, 0.2) is 34.7 Å². The molecule has 2 aliphatic heterocycles. The van der Waals surface area contributed by atoms with Crippen LogP contribution in [-0.2, 0) is 0 Å². The zero-order valence-corrected chi connectivity index (χ0v) is 15.0. The predicted octanol–water partition coefficient (Wildman–Crippen LogP) is 2.93. The van der Waals surface area contributed by atoms with E-state index in [0.717, 1.165) is 24.6 Å². The van der Waals surface area contributed by atoms with Crippen LogP contribution < -0.4 is 14.8 Å². The maximum Gasteiger partial charge on any atom is 0.255 e. The maximum absolute atomic E-state index is 12.8. The van der Waals surface area contributed by atoms with Crippen LogP contribution in [-0.4, -0.2) is 43.7 Å². The molecule has 1 atom stereocenters. The predicted molar refractivity (Wildman–Crippen MR) is 96.8 cm³/mol. The average molecular weight is 356 g/mol. The summed E-state index contributed by atoms with van der Waals surface area (Å²) in [7, 11) is 0. The first-order valence-corrected chi connectivity index (χ1v) is 9.19. The van der Waals surface area contributed by atoms with Crippen molar-refractivity contribution in [1.29, 1.82) is 0 Å². The lowest BCUT2D eigenvalue weighted by Gasteiger charge is -2.26. The van der Waals surface area contributed by atoms with Crippen molar-refractivity contribution < 1.29 is 18.7 Å². The molecule has 0 radical (unpaired) electrons. The van der Waals surface area contributed by atoms with Crippen LogP contribution >= 0.6 is 0 Å². The summed E-state index contributed by atoms with van der Waals surface area (Å²) in [5.41, 5.74) is 0.512. The Kier molecular flexibility index (Phi) is 4.84. The lowest BCUT2D eigenvalue weighted by atomic mass is 10.1. The first-order valence-electron chi connectivity index (χ1n) is 9.19. The minimum atomic E-state index is -0.153. The Labute approximate surface area is 153 Å². The van der Waals surface area contributed by atoms with E-state index in [1.807, 2.05) is 31.2 Å². The first-order chi connectivity index (χ1) is 12.7. The van der Waals surface area contributed by atoms with Crippen LogP contribution in [0.25, 0.3) is 0 Å². The molecule has 6 nitrogen and oxygen atoms in total. The van der Waals surface area contributed by atoms with Crippen LogP contribution in [0.5, 0.6) is 11.5 Å². The molecule has 0 aliphatic carbocycles. The number of nitrogens with one attached hydrogen (secondary N) is 1. The molecule has 6 heteroatoms. The molecule has 1 unspecified atom stereocenters. The Morgan fingerprint density at radius 3 is 2.73 bits per heavy atom. The number of hydrogen-bond donors (Lipinski definition) is 1. The van der Waals surface area contributed by atoms with Crippen molar-refractivity contribution in [2.24, 2.45) is 0 Å². The summed E-state index contributed by atoms with van der Waals surface area (Å²) >= 11 is 0. The molecule has 3 heterocycles. The highest BCUT2D eigenvalue weighted by Gasteiger charge is 2.27. The van der Waals surface area contributed by atoms with Crippen LogP contribution in [0.2, 0.25) is 0 Å². The van der Waals surface area contributed by atoms with Crippen LogP contribution in [0.1, 0.15) is 40.8 Å². The van der Waals surface area contributed by atoms with Crippen LogP contribution in [0, 0.1) is 6.92 Å². The molecule has 1 N–H and O–H groups in total. The summed E-state index contributed by atoms with van der Waals surface area (Å²) in [6.07, 6.45) is 2.36. The van der Waals surface area contributed by atoms with Gasteiger partial charge < -0.3 is 19.2 Å². The fourth-order valence-corrected chi connectivity index (χ4v) is 3.63. The second-order valence-electron chi connectivity index (χ2n) is 6.75. The molecule has 2 aliphatic rings. The van der Waals surface area contributed by atoms with E-state index in [0.29, 0.717) is 36.8 Å². The van der Waals surface area contributed by atoms with Crippen molar-refractivity contribution >= 4 is 5.91 Å². The van der Waals surface area contributed by atoms with E-state index in [-0.39, 0.29) is 11.9 Å². The standard InChI is InChI=1S/C20H24N2O4/c1-14-7-8-17(26-14)16(22-9-2-3-10-22)13-21-20(23)15-5-4-6-18-19(15)25-12-11-24-18/h4-8,16H,2-3,9-13H2,1H3,(H,21,23). The number of hydrogen-bond acceptors (Lipinski definition) is 5. The van der Waals surface area contributed by atoms with Gasteiger partial charge >= 0.3 is 0 Å². The third-order valence-electron chi connectivity index (χ3n) is 4.94. The molecule has 1 aromatic carbocycles. The molecule has 0 spiro atoms. The van der Waals surface area contributed by atoms with E-state index in [1.54, 1.807) is 6.07 Å². The Hall–Kier alpha value is -2.47. The normalized spacial score (nSPS) is 17.9. The quantitative estimate of drug-likeness (QED) is 0.892. The number of para-hydroxylation sites is 1. The number of likely N-dealkylation sites (tertiary alicyclic amines) is 1. The second kappa shape index (κ2) is 7.41. The minimum Gasteiger partial charge on any atom is -0.486 e. The van der Waals surface area contributed by atoms with Crippen LogP contribution in [0.3, 0.4) is 0 Å². The second-order valence-corrected chi connectivity index (χ2v) is 6.75. The molecule has 26 heavy (non-hydrogen) atoms. The van der Waals surface area contributed by atoms with Gasteiger partial charge in [0.1, 0.15) is 24.7 Å². The Bertz CT molecular complexity index is 780. The van der Waals surface area contributed by atoms with Gasteiger partial charge in [0, 0.05) is 6.54 Å². The zero-order valence-electron chi connectivity index (χ0n) is 15.0. The Morgan fingerprint density at radius 2 is 1.96 bits per heavy atom. The average Bonchev–Trinajstić information content (AvgIpc) is 3.34. The zero-order chi connectivity index (χ0) is 17.9. The molecular formula is C20H24N2O4. The van der Waals surface area contributed by atoms with Gasteiger partial charge in [0.2, 0.25) is 0 Å². The molecule has 1 saturated heterocycles. The van der Waals surface area contributed by atoms with E-state index in [2.05, 4.69) is 10.2 Å². The van der Waals surface area contributed by atoms with E-state index in [9.17, 15) is 4.79 Å². The fraction of sp³-hybridized carbons (Fsp3) is 0.450. The number of nitrogens with zero attached hydrogens (tertiary/aromatic N) is 1. The highest BCUT2D eigenvalue weighted by atomic mass is 16.6. The summed E-state index contributed by atoms with van der Waals surface area (Å²) in [5.74, 6) is 2.79. The fourth-order valence-electron chi connectivity index (χ4n) is 3.63. The number of amides is 1. The molecule has 1 amide bonds. The maximum atomic E-state index is 12.8. The van der Waals surface area contributed by atoms with Crippen molar-refractivity contribution in [2.45, 2.75) is 25.8 Å². The highest BCUT2D eigenvalue weighted by Crippen LogP contribution is 2.33. The smallest absolute Gasteiger partial charge is 0.255 e. The highest BCUT2D eigenvalue weighted by molar-refractivity contribution is 5.97. The first kappa shape index (κ1) is 17.0. The SMILES string of the molecule is Cc1ccc(C(CNC(=O)c2cccc3c2OCCO3)N2CCCC2)o1. The molecule has 1 aromatic heterocycles. The van der Waals surface area contributed by atoms with Gasteiger partial charge in [-0.05, 0) is 57.1 Å². The van der Waals surface area contributed by atoms with Crippen molar-refractivity contribution in [3.8, 4) is 11.5 Å². The van der Waals surface area contributed by atoms with Crippen molar-refractivity contribution in [2.75, 3.05) is 32.8 Å². The largest absolute Gasteiger partial charge is 0.486 e. The van der Waals surface area contributed by atoms with Crippen LogP contribution in [0.4, 0.5) is 0 Å². The summed E-state index contributed by atoms with van der Waals surface area (Å²) < 4.78 is 17.1. The molecule has 0 bridgehead atoms. The van der Waals surface area contributed by atoms with Gasteiger partial charge in [0.15, 0.2) is 11.5 Å². The van der Waals surface area contributed by atoms with E-state index in [4.69, 9.17) is 13.9 Å². The van der Waals surface area contributed by atoms with Gasteiger partial charge in [-0.1, -0.05) is 6.07 Å². The van der Waals surface area contributed by atoms with E-state index < -0.39 is 0 Å². The van der Waals surface area contributed by atoms with Gasteiger partial charge in [-0.25, -0.2) is 0 Å². The number of benzene rings is 1. The third-order valence-corrected chi connectivity index (χ3v) is 4.94. The lowest BCUT2D eigenvalue weighted by Crippen LogP contribution is -2.37. The Morgan fingerprint density at radius 1 is 1.15 bits per heavy atom. The monoisotopic (exact) mass is 356 g/mol. The summed E-state index contributed by atoms with van der Waals surface area (Å²) in [5, 5.41) is 3.06. The van der Waals surface area contributed by atoms with Crippen molar-refractivity contribution in [3.05, 3.63) is 47.4 Å². The van der Waals surface area contributed by atoms with Gasteiger partial charge in [-0.3, -0.25) is 9.69 Å². The van der Waals surface area contributed by atoms with E-state index >= 15 is 0 Å². The number of furan rings is 1. The van der Waals surface area contributed by atoms with Crippen molar-refractivity contribution in [3.63, 3.8) is 0 Å². The minimum absolute atomic E-state index is 0.0480. The topological polar surface area (TPSA) is 63.9 Å². The van der Waals surface area contributed by atoms with Gasteiger partial charge in [-0.15, -0.1) is 0 Å². The number of fused-ring (bicyclic) bond motifs is 1. The molecular weight excluding hydrogens is 332 g/mol. The summed E-state index contributed by atoms with van der Waals surface area (Å²) in [6, 6.07) is 9.43. The Balaban J connectivity index is 1.50. The summed E-state index contributed by atoms with van der Waals surface area (Å²) in [6.45, 7) is 5.45. The molecule has 1 fully saturated rings. The molecule has 138 valence electrons. The van der Waals surface area contributed by atoms with Gasteiger partial charge in [-0.2, -0.15) is 0 Å². The third kappa shape index (κ3) is 3.42. The number of carbonyl (C=O) groups excluding carboxylic acids is 1. The van der Waals surface area contributed by atoms with Crippen molar-refractivity contribution in [1.82, 2.24) is 10.2 Å². The number of rotatable bonds is 5. The summed E-state index contributed by atoms with van der Waals surface area (Å²) in [4.78, 5) is 15.2. The van der Waals surface area contributed by atoms with Gasteiger partial charge in [0.25, 0.3) is 5.91 Å². The van der Waals surface area contributed by atoms with E-state index in [1.165, 1.54) is 12.8 Å². The number of ether oxygens (including phenoxy) is 2. The van der Waals surface area contributed by atoms with Gasteiger partial charge in [0.05, 0.1) is 11.6 Å². The number of aryl methyl sites for hydroxylation is 1.